The molecule has 0 N–H and O–H groups in total. The Hall–Kier alpha value is -0.230. The van der Waals surface area contributed by atoms with E-state index in [1.807, 2.05) is 12.1 Å². The summed E-state index contributed by atoms with van der Waals surface area (Å²) in [6.07, 6.45) is 0.217. The lowest BCUT2D eigenvalue weighted by atomic mass is 10.1. The van der Waals surface area contributed by atoms with Crippen LogP contribution in [0.1, 0.15) is 18.7 Å². The minimum absolute atomic E-state index is 0.190. The number of ether oxygens (including phenoxy) is 1. The second-order valence-corrected chi connectivity index (χ2v) is 7.34. The summed E-state index contributed by atoms with van der Waals surface area (Å²) in [5.41, 5.74) is 0. The number of morpholine rings is 1. The number of rotatable bonds is 4. The van der Waals surface area contributed by atoms with Gasteiger partial charge in [-0.2, -0.15) is 0 Å². The van der Waals surface area contributed by atoms with Crippen LogP contribution in [0.25, 0.3) is 0 Å². The highest BCUT2D eigenvalue weighted by Gasteiger charge is 2.27. The van der Waals surface area contributed by atoms with Gasteiger partial charge >= 0.3 is 0 Å². The molecule has 2 heterocycles. The number of hydrogen-bond donors (Lipinski definition) is 0. The minimum atomic E-state index is -0.262. The first kappa shape index (κ1) is 14.2. The van der Waals surface area contributed by atoms with Crippen molar-refractivity contribution >= 4 is 33.0 Å². The second kappa shape index (κ2) is 6.28. The molecule has 0 radical (unpaired) electrons. The van der Waals surface area contributed by atoms with Crippen molar-refractivity contribution in [2.24, 2.45) is 0 Å². The molecule has 1 aromatic heterocycles. The smallest absolute Gasteiger partial charge is 0.168 e. The van der Waals surface area contributed by atoms with E-state index in [1.165, 1.54) is 0 Å². The zero-order chi connectivity index (χ0) is 13.1. The Morgan fingerprint density at radius 1 is 1.61 bits per heavy atom. The first-order chi connectivity index (χ1) is 8.56. The van der Waals surface area contributed by atoms with Crippen molar-refractivity contribution in [1.82, 2.24) is 4.90 Å². The number of carbonyl (C=O) groups is 1. The molecule has 1 unspecified atom stereocenters. The second-order valence-electron chi connectivity index (χ2n) is 4.80. The standard InChI is InChI=1S/C13H18BrNO2S/c1-9(2)15-5-6-17-12(8-15)11(16)7-10-3-4-13(14)18-10/h3-4,9,12H,5-8H2,1-2H3. The number of carbonyl (C=O) groups excluding carboxylic acids is 1. The van der Waals surface area contributed by atoms with E-state index in [1.54, 1.807) is 11.3 Å². The Morgan fingerprint density at radius 2 is 2.39 bits per heavy atom. The number of ketones is 1. The third kappa shape index (κ3) is 3.63. The summed E-state index contributed by atoms with van der Waals surface area (Å²) < 4.78 is 6.67. The quantitative estimate of drug-likeness (QED) is 0.849. The first-order valence-electron chi connectivity index (χ1n) is 6.19. The molecule has 1 fully saturated rings. The van der Waals surface area contributed by atoms with Crippen LogP contribution < -0.4 is 0 Å². The van der Waals surface area contributed by atoms with Gasteiger partial charge in [0.05, 0.1) is 10.4 Å². The molecule has 18 heavy (non-hydrogen) atoms. The van der Waals surface area contributed by atoms with Gasteiger partial charge in [-0.3, -0.25) is 9.69 Å². The zero-order valence-electron chi connectivity index (χ0n) is 10.7. The molecule has 0 aromatic carbocycles. The van der Waals surface area contributed by atoms with Gasteiger partial charge in [-0.25, -0.2) is 0 Å². The van der Waals surface area contributed by atoms with Crippen LogP contribution in [-0.2, 0) is 16.0 Å². The normalized spacial score (nSPS) is 21.4. The van der Waals surface area contributed by atoms with Gasteiger partial charge in [0.2, 0.25) is 0 Å². The average molecular weight is 332 g/mol. The lowest BCUT2D eigenvalue weighted by Gasteiger charge is -2.34. The minimum Gasteiger partial charge on any atom is -0.368 e. The van der Waals surface area contributed by atoms with Crippen LogP contribution in [0.5, 0.6) is 0 Å². The SMILES string of the molecule is CC(C)N1CCOC(C(=O)Cc2ccc(Br)s2)C1. The fourth-order valence-electron chi connectivity index (χ4n) is 2.07. The monoisotopic (exact) mass is 331 g/mol. The molecule has 1 aliphatic heterocycles. The molecule has 1 aromatic rings. The molecule has 100 valence electrons. The van der Waals surface area contributed by atoms with Crippen molar-refractivity contribution in [2.75, 3.05) is 19.7 Å². The van der Waals surface area contributed by atoms with Crippen molar-refractivity contribution in [3.05, 3.63) is 20.8 Å². The fourth-order valence-corrected chi connectivity index (χ4v) is 3.56. The van der Waals surface area contributed by atoms with Crippen LogP contribution in [0.3, 0.4) is 0 Å². The van der Waals surface area contributed by atoms with Gasteiger partial charge in [0.25, 0.3) is 0 Å². The zero-order valence-corrected chi connectivity index (χ0v) is 13.1. The van der Waals surface area contributed by atoms with E-state index >= 15 is 0 Å². The first-order valence-corrected chi connectivity index (χ1v) is 7.80. The van der Waals surface area contributed by atoms with Crippen LogP contribution in [0.4, 0.5) is 0 Å². The van der Waals surface area contributed by atoms with Crippen molar-refractivity contribution in [1.29, 1.82) is 0 Å². The summed E-state index contributed by atoms with van der Waals surface area (Å²) in [5.74, 6) is 0.190. The van der Waals surface area contributed by atoms with E-state index in [4.69, 9.17) is 4.74 Å². The summed E-state index contributed by atoms with van der Waals surface area (Å²) in [4.78, 5) is 15.6. The van der Waals surface area contributed by atoms with Crippen molar-refractivity contribution < 1.29 is 9.53 Å². The third-order valence-electron chi connectivity index (χ3n) is 3.16. The highest BCUT2D eigenvalue weighted by atomic mass is 79.9. The van der Waals surface area contributed by atoms with Crippen molar-refractivity contribution in [3.8, 4) is 0 Å². The van der Waals surface area contributed by atoms with Crippen LogP contribution in [0.2, 0.25) is 0 Å². The van der Waals surface area contributed by atoms with Gasteiger partial charge < -0.3 is 4.74 Å². The van der Waals surface area contributed by atoms with E-state index < -0.39 is 0 Å². The van der Waals surface area contributed by atoms with E-state index in [0.717, 1.165) is 21.8 Å². The lowest BCUT2D eigenvalue weighted by molar-refractivity contribution is -0.136. The number of nitrogens with zero attached hydrogens (tertiary/aromatic N) is 1. The molecular weight excluding hydrogens is 314 g/mol. The molecule has 0 bridgehead atoms. The van der Waals surface area contributed by atoms with E-state index in [2.05, 4.69) is 34.7 Å². The topological polar surface area (TPSA) is 29.5 Å². The van der Waals surface area contributed by atoms with E-state index in [9.17, 15) is 4.79 Å². The molecule has 0 aliphatic carbocycles. The van der Waals surface area contributed by atoms with Crippen LogP contribution in [0, 0.1) is 0 Å². The predicted molar refractivity (Wildman–Crippen MR) is 77.2 cm³/mol. The van der Waals surface area contributed by atoms with Crippen LogP contribution in [0.15, 0.2) is 15.9 Å². The van der Waals surface area contributed by atoms with E-state index in [0.29, 0.717) is 19.1 Å². The average Bonchev–Trinajstić information content (AvgIpc) is 2.75. The molecule has 0 amide bonds. The maximum atomic E-state index is 12.2. The van der Waals surface area contributed by atoms with Gasteiger partial charge in [0.15, 0.2) is 5.78 Å². The van der Waals surface area contributed by atoms with Gasteiger partial charge in [-0.15, -0.1) is 11.3 Å². The molecule has 0 saturated carbocycles. The summed E-state index contributed by atoms with van der Waals surface area (Å²) in [6, 6.07) is 4.45. The third-order valence-corrected chi connectivity index (χ3v) is 4.79. The molecule has 5 heteroatoms. The fraction of sp³-hybridized carbons (Fsp3) is 0.615. The Balaban J connectivity index is 1.92. The number of Topliss-reactive ketones (excluding diaryl/α,β-unsaturated/α-hetero) is 1. The van der Waals surface area contributed by atoms with Crippen LogP contribution in [-0.4, -0.2) is 42.5 Å². The van der Waals surface area contributed by atoms with Gasteiger partial charge in [-0.1, -0.05) is 0 Å². The number of hydrogen-bond acceptors (Lipinski definition) is 4. The molecule has 3 nitrogen and oxygen atoms in total. The molecule has 0 spiro atoms. The summed E-state index contributed by atoms with van der Waals surface area (Å²) in [6.45, 7) is 6.62. The Labute approximate surface area is 120 Å². The van der Waals surface area contributed by atoms with Crippen molar-refractivity contribution in [2.45, 2.75) is 32.4 Å². The van der Waals surface area contributed by atoms with Gasteiger partial charge in [0.1, 0.15) is 6.10 Å². The maximum absolute atomic E-state index is 12.2. The summed E-state index contributed by atoms with van der Waals surface area (Å²) >= 11 is 5.03. The Bertz CT molecular complexity index is 419. The predicted octanol–water partition coefficient (Wildman–Crippen LogP) is 2.73. The van der Waals surface area contributed by atoms with Gasteiger partial charge in [0, 0.05) is 30.4 Å². The Kier molecular flexibility index (Phi) is 4.95. The molecule has 2 rings (SSSR count). The summed E-state index contributed by atoms with van der Waals surface area (Å²) in [7, 11) is 0. The molecule has 1 aliphatic rings. The molecule has 1 saturated heterocycles. The Morgan fingerprint density at radius 3 is 3.00 bits per heavy atom. The molecular formula is C13H18BrNO2S. The van der Waals surface area contributed by atoms with E-state index in [-0.39, 0.29) is 11.9 Å². The van der Waals surface area contributed by atoms with Crippen LogP contribution >= 0.6 is 27.3 Å². The summed E-state index contributed by atoms with van der Waals surface area (Å²) in [5, 5.41) is 0. The highest BCUT2D eigenvalue weighted by Crippen LogP contribution is 2.23. The number of thiophene rings is 1. The molecule has 1 atom stereocenters. The highest BCUT2D eigenvalue weighted by molar-refractivity contribution is 9.11. The lowest BCUT2D eigenvalue weighted by Crippen LogP contribution is -2.49. The van der Waals surface area contributed by atoms with Gasteiger partial charge in [-0.05, 0) is 41.9 Å². The van der Waals surface area contributed by atoms with Crippen molar-refractivity contribution in [3.63, 3.8) is 0 Å². The maximum Gasteiger partial charge on any atom is 0.168 e. The number of halogens is 1. The largest absolute Gasteiger partial charge is 0.368 e.